The Labute approximate surface area is 113 Å². The quantitative estimate of drug-likeness (QED) is 0.692. The predicted molar refractivity (Wildman–Crippen MR) is 79.1 cm³/mol. The van der Waals surface area contributed by atoms with Crippen molar-refractivity contribution >= 4 is 0 Å². The van der Waals surface area contributed by atoms with Crippen molar-refractivity contribution in [2.45, 2.75) is 65.2 Å². The molecule has 0 spiro atoms. The highest BCUT2D eigenvalue weighted by atomic mass is 16.5. The van der Waals surface area contributed by atoms with Crippen LogP contribution in [0, 0.1) is 7.11 Å². The van der Waals surface area contributed by atoms with E-state index in [0.717, 1.165) is 18.6 Å². The van der Waals surface area contributed by atoms with Crippen LogP contribution in [0.2, 0.25) is 0 Å². The van der Waals surface area contributed by atoms with Crippen LogP contribution >= 0.6 is 0 Å². The van der Waals surface area contributed by atoms with Gasteiger partial charge in [-0.2, -0.15) is 0 Å². The Morgan fingerprint density at radius 2 is 1.56 bits per heavy atom. The maximum absolute atomic E-state index is 5.28. The van der Waals surface area contributed by atoms with Gasteiger partial charge in [-0.1, -0.05) is 53.7 Å². The molecule has 0 aliphatic carbocycles. The highest BCUT2D eigenvalue weighted by Gasteiger charge is 2.26. The van der Waals surface area contributed by atoms with Gasteiger partial charge in [0.05, 0.1) is 0 Å². The first-order chi connectivity index (χ1) is 8.28. The van der Waals surface area contributed by atoms with Gasteiger partial charge in [-0.05, 0) is 35.3 Å². The lowest BCUT2D eigenvalue weighted by atomic mass is 9.76. The highest BCUT2D eigenvalue weighted by molar-refractivity contribution is 5.44. The zero-order valence-electron chi connectivity index (χ0n) is 12.8. The summed E-state index contributed by atoms with van der Waals surface area (Å²) < 4.78 is 5.28. The van der Waals surface area contributed by atoms with Gasteiger partial charge in [0.15, 0.2) is 0 Å². The molecule has 0 aliphatic heterocycles. The van der Waals surface area contributed by atoms with Gasteiger partial charge in [-0.3, -0.25) is 0 Å². The molecule has 1 rings (SSSR count). The highest BCUT2D eigenvalue weighted by Crippen LogP contribution is 2.38. The monoisotopic (exact) mass is 247 g/mol. The second kappa shape index (κ2) is 5.34. The standard InChI is InChI=1S/C17H27O/c1-8-16(3,4)13-10-11-15(18-7)14(12-13)17(5,6)9-2/h10-12H,7-9H2,1-6H3. The van der Waals surface area contributed by atoms with E-state index in [1.165, 1.54) is 11.1 Å². The first-order valence-corrected chi connectivity index (χ1v) is 6.85. The molecule has 1 aromatic rings. The van der Waals surface area contributed by atoms with Gasteiger partial charge in [0.1, 0.15) is 12.9 Å². The van der Waals surface area contributed by atoms with Gasteiger partial charge in [0.2, 0.25) is 0 Å². The molecule has 101 valence electrons. The largest absolute Gasteiger partial charge is 0.490 e. The van der Waals surface area contributed by atoms with Gasteiger partial charge >= 0.3 is 0 Å². The Morgan fingerprint density at radius 1 is 1.00 bits per heavy atom. The summed E-state index contributed by atoms with van der Waals surface area (Å²) in [6.07, 6.45) is 2.21. The van der Waals surface area contributed by atoms with Gasteiger partial charge < -0.3 is 4.74 Å². The molecule has 0 aliphatic rings. The third-order valence-corrected chi connectivity index (χ3v) is 4.41. The molecule has 0 atom stereocenters. The number of rotatable bonds is 5. The summed E-state index contributed by atoms with van der Waals surface area (Å²) in [6.45, 7) is 13.5. The average molecular weight is 247 g/mol. The van der Waals surface area contributed by atoms with E-state index in [2.05, 4.69) is 66.9 Å². The first-order valence-electron chi connectivity index (χ1n) is 6.85. The van der Waals surface area contributed by atoms with Crippen LogP contribution in [-0.4, -0.2) is 0 Å². The fraction of sp³-hybridized carbons (Fsp3) is 0.588. The summed E-state index contributed by atoms with van der Waals surface area (Å²) in [7, 11) is 3.58. The first kappa shape index (κ1) is 15.1. The van der Waals surface area contributed by atoms with Crippen LogP contribution in [0.25, 0.3) is 0 Å². The van der Waals surface area contributed by atoms with Gasteiger partial charge in [0, 0.05) is 5.56 Å². The van der Waals surface area contributed by atoms with Gasteiger partial charge in [-0.15, -0.1) is 0 Å². The molecule has 0 aromatic heterocycles. The summed E-state index contributed by atoms with van der Waals surface area (Å²) in [5.41, 5.74) is 2.96. The van der Waals surface area contributed by atoms with Crippen LogP contribution in [0.4, 0.5) is 0 Å². The molecule has 0 saturated heterocycles. The summed E-state index contributed by atoms with van der Waals surface area (Å²) in [6, 6.07) is 6.53. The maximum atomic E-state index is 5.28. The number of hydrogen-bond donors (Lipinski definition) is 0. The van der Waals surface area contributed by atoms with Crippen LogP contribution in [0.1, 0.15) is 65.5 Å². The van der Waals surface area contributed by atoms with Crippen molar-refractivity contribution in [3.05, 3.63) is 36.4 Å². The average Bonchev–Trinajstić information content (AvgIpc) is 2.37. The fourth-order valence-corrected chi connectivity index (χ4v) is 2.00. The zero-order chi connectivity index (χ0) is 14.0. The van der Waals surface area contributed by atoms with E-state index in [1.807, 2.05) is 0 Å². The minimum Gasteiger partial charge on any atom is -0.490 e. The van der Waals surface area contributed by atoms with E-state index in [9.17, 15) is 0 Å². The maximum Gasteiger partial charge on any atom is 0.123 e. The Morgan fingerprint density at radius 3 is 2.00 bits per heavy atom. The van der Waals surface area contributed by atoms with Crippen LogP contribution in [-0.2, 0) is 10.8 Å². The third kappa shape index (κ3) is 2.88. The lowest BCUT2D eigenvalue weighted by Gasteiger charge is -2.30. The summed E-state index contributed by atoms with van der Waals surface area (Å²) in [5, 5.41) is 0. The minimum absolute atomic E-state index is 0.118. The van der Waals surface area contributed by atoms with Crippen LogP contribution in [0.15, 0.2) is 18.2 Å². The van der Waals surface area contributed by atoms with Crippen molar-refractivity contribution in [1.82, 2.24) is 0 Å². The van der Waals surface area contributed by atoms with E-state index in [1.54, 1.807) is 0 Å². The molecule has 0 saturated carbocycles. The molecule has 0 amide bonds. The van der Waals surface area contributed by atoms with E-state index in [4.69, 9.17) is 4.74 Å². The lowest BCUT2D eigenvalue weighted by molar-refractivity contribution is 0.426. The molecule has 1 radical (unpaired) electrons. The number of hydrogen-bond acceptors (Lipinski definition) is 1. The fourth-order valence-electron chi connectivity index (χ4n) is 2.00. The van der Waals surface area contributed by atoms with E-state index in [-0.39, 0.29) is 10.8 Å². The molecule has 0 N–H and O–H groups in total. The van der Waals surface area contributed by atoms with Crippen molar-refractivity contribution in [3.63, 3.8) is 0 Å². The smallest absolute Gasteiger partial charge is 0.123 e. The molecule has 0 bridgehead atoms. The van der Waals surface area contributed by atoms with E-state index >= 15 is 0 Å². The topological polar surface area (TPSA) is 9.23 Å². The number of benzene rings is 1. The minimum atomic E-state index is 0.118. The predicted octanol–water partition coefficient (Wildman–Crippen LogP) is 5.23. The molecule has 1 heteroatoms. The van der Waals surface area contributed by atoms with E-state index < -0.39 is 0 Å². The van der Waals surface area contributed by atoms with E-state index in [0.29, 0.717) is 0 Å². The van der Waals surface area contributed by atoms with Crippen molar-refractivity contribution in [2.75, 3.05) is 0 Å². The molecule has 0 unspecified atom stereocenters. The summed E-state index contributed by atoms with van der Waals surface area (Å²) in [4.78, 5) is 0. The van der Waals surface area contributed by atoms with Crippen molar-refractivity contribution in [2.24, 2.45) is 0 Å². The number of ether oxygens (including phenoxy) is 1. The molecular weight excluding hydrogens is 220 g/mol. The van der Waals surface area contributed by atoms with Crippen molar-refractivity contribution in [3.8, 4) is 5.75 Å². The zero-order valence-corrected chi connectivity index (χ0v) is 12.8. The second-order valence-corrected chi connectivity index (χ2v) is 6.33. The Bertz CT molecular complexity index is 402. The van der Waals surface area contributed by atoms with Crippen molar-refractivity contribution < 1.29 is 4.74 Å². The second-order valence-electron chi connectivity index (χ2n) is 6.33. The SMILES string of the molecule is [CH2]Oc1ccc(C(C)(C)CC)cc1C(C)(C)CC. The van der Waals surface area contributed by atoms with Crippen LogP contribution in [0.3, 0.4) is 0 Å². The third-order valence-electron chi connectivity index (χ3n) is 4.41. The molecular formula is C17H27O. The van der Waals surface area contributed by atoms with Gasteiger partial charge in [-0.25, -0.2) is 0 Å². The molecule has 1 aromatic carbocycles. The van der Waals surface area contributed by atoms with Crippen LogP contribution in [0.5, 0.6) is 5.75 Å². The Hall–Kier alpha value is -0.980. The molecule has 0 fully saturated rings. The summed E-state index contributed by atoms with van der Waals surface area (Å²) >= 11 is 0. The van der Waals surface area contributed by atoms with Crippen molar-refractivity contribution in [1.29, 1.82) is 0 Å². The Kier molecular flexibility index (Phi) is 4.47. The lowest BCUT2D eigenvalue weighted by Crippen LogP contribution is -2.20. The summed E-state index contributed by atoms with van der Waals surface area (Å²) in [5.74, 6) is 0.900. The normalized spacial score (nSPS) is 12.6. The van der Waals surface area contributed by atoms with Gasteiger partial charge in [0.25, 0.3) is 0 Å². The molecule has 1 nitrogen and oxygen atoms in total. The Balaban J connectivity index is 3.35. The molecule has 18 heavy (non-hydrogen) atoms. The molecule has 0 heterocycles. The van der Waals surface area contributed by atoms with Crippen LogP contribution < -0.4 is 4.74 Å².